The van der Waals surface area contributed by atoms with E-state index in [1.807, 2.05) is 41.3 Å². The number of hydrogen-bond acceptors (Lipinski definition) is 2. The number of fused-ring (bicyclic) bond motifs is 2. The Morgan fingerprint density at radius 1 is 0.935 bits per heavy atom. The van der Waals surface area contributed by atoms with Gasteiger partial charge < -0.3 is 9.80 Å². The Labute approximate surface area is 185 Å². The quantitative estimate of drug-likeness (QED) is 0.675. The summed E-state index contributed by atoms with van der Waals surface area (Å²) in [4.78, 5) is 30.5. The van der Waals surface area contributed by atoms with Gasteiger partial charge in [0.05, 0.1) is 5.92 Å². The molecule has 1 saturated heterocycles. The molecule has 162 valence electrons. The highest BCUT2D eigenvalue weighted by Gasteiger charge is 2.47. The van der Waals surface area contributed by atoms with E-state index in [2.05, 4.69) is 29.2 Å². The molecule has 5 rings (SSSR count). The summed E-state index contributed by atoms with van der Waals surface area (Å²) in [6, 6.07) is 20.9. The van der Waals surface area contributed by atoms with Crippen LogP contribution in [0.15, 0.2) is 60.7 Å². The maximum atomic E-state index is 13.6. The first-order chi connectivity index (χ1) is 15.2. The summed E-state index contributed by atoms with van der Waals surface area (Å²) in [5, 5.41) is 0. The van der Waals surface area contributed by atoms with Gasteiger partial charge >= 0.3 is 0 Å². The molecule has 2 bridgehead atoms. The van der Waals surface area contributed by atoms with Gasteiger partial charge in [0, 0.05) is 32.1 Å². The Morgan fingerprint density at radius 3 is 2.29 bits per heavy atom. The number of carbonyl (C=O) groups is 2. The summed E-state index contributed by atoms with van der Waals surface area (Å²) in [7, 11) is 0. The molecule has 0 spiro atoms. The molecule has 0 radical (unpaired) electrons. The molecule has 3 fully saturated rings. The lowest BCUT2D eigenvalue weighted by Gasteiger charge is -2.32. The normalized spacial score (nSPS) is 27.1. The molecule has 2 amide bonds. The van der Waals surface area contributed by atoms with Gasteiger partial charge in [-0.15, -0.1) is 0 Å². The second kappa shape index (κ2) is 8.86. The average molecular weight is 417 g/mol. The minimum Gasteiger partial charge on any atom is -0.339 e. The van der Waals surface area contributed by atoms with Gasteiger partial charge in [-0.2, -0.15) is 0 Å². The molecule has 1 heterocycles. The van der Waals surface area contributed by atoms with E-state index in [-0.39, 0.29) is 17.7 Å². The molecule has 4 heteroatoms. The lowest BCUT2D eigenvalue weighted by molar-refractivity contribution is -0.136. The van der Waals surface area contributed by atoms with E-state index in [9.17, 15) is 9.59 Å². The molecule has 0 N–H and O–H groups in total. The Kier molecular flexibility index (Phi) is 5.80. The molecule has 0 aromatic heterocycles. The van der Waals surface area contributed by atoms with Crippen molar-refractivity contribution in [3.8, 4) is 0 Å². The minimum atomic E-state index is -0.203. The third-order valence-corrected chi connectivity index (χ3v) is 7.65. The van der Waals surface area contributed by atoms with Crippen molar-refractivity contribution in [3.63, 3.8) is 0 Å². The molecule has 1 aliphatic heterocycles. The van der Waals surface area contributed by atoms with E-state index in [4.69, 9.17) is 0 Å². The van der Waals surface area contributed by atoms with Crippen molar-refractivity contribution in [2.45, 2.75) is 51.1 Å². The zero-order valence-electron chi connectivity index (χ0n) is 18.2. The predicted octanol–water partition coefficient (Wildman–Crippen LogP) is 4.30. The zero-order chi connectivity index (χ0) is 21.2. The van der Waals surface area contributed by atoms with Crippen molar-refractivity contribution in [1.82, 2.24) is 9.80 Å². The standard InChI is InChI=1S/C27H32N2O2/c30-26-17-24(19-29(26)25-16-22-11-12-23(25)15-22)27(31)28(18-21-9-5-2-6-10-21)14-13-20-7-3-1-4-8-20/h1-10,22-25H,11-19H2. The highest BCUT2D eigenvalue weighted by molar-refractivity contribution is 5.89. The summed E-state index contributed by atoms with van der Waals surface area (Å²) >= 11 is 0. The van der Waals surface area contributed by atoms with Crippen molar-refractivity contribution in [2.75, 3.05) is 13.1 Å². The summed E-state index contributed by atoms with van der Waals surface area (Å²) in [6.45, 7) is 1.89. The van der Waals surface area contributed by atoms with Crippen LogP contribution >= 0.6 is 0 Å². The zero-order valence-corrected chi connectivity index (χ0v) is 18.2. The number of hydrogen-bond donors (Lipinski definition) is 0. The fourth-order valence-electron chi connectivity index (χ4n) is 6.05. The molecule has 4 nitrogen and oxygen atoms in total. The summed E-state index contributed by atoms with van der Waals surface area (Å²) in [6.07, 6.45) is 6.23. The van der Waals surface area contributed by atoms with E-state index in [0.717, 1.165) is 24.3 Å². The molecule has 2 saturated carbocycles. The Balaban J connectivity index is 1.28. The summed E-state index contributed by atoms with van der Waals surface area (Å²) < 4.78 is 0. The van der Waals surface area contributed by atoms with Gasteiger partial charge in [-0.05, 0) is 48.6 Å². The van der Waals surface area contributed by atoms with Gasteiger partial charge in [0.25, 0.3) is 0 Å². The monoisotopic (exact) mass is 416 g/mol. The minimum absolute atomic E-state index is 0.138. The lowest BCUT2D eigenvalue weighted by atomic mass is 9.94. The highest BCUT2D eigenvalue weighted by atomic mass is 16.2. The largest absolute Gasteiger partial charge is 0.339 e. The average Bonchev–Trinajstić information content (AvgIpc) is 3.53. The van der Waals surface area contributed by atoms with Crippen LogP contribution in [0.4, 0.5) is 0 Å². The second-order valence-electron chi connectivity index (χ2n) is 9.67. The molecule has 3 aliphatic rings. The molecule has 2 aromatic carbocycles. The van der Waals surface area contributed by atoms with E-state index >= 15 is 0 Å². The lowest BCUT2D eigenvalue weighted by Crippen LogP contribution is -2.42. The predicted molar refractivity (Wildman–Crippen MR) is 121 cm³/mol. The van der Waals surface area contributed by atoms with Crippen LogP contribution in [-0.2, 0) is 22.6 Å². The number of carbonyl (C=O) groups excluding carboxylic acids is 2. The Bertz CT molecular complexity index is 913. The maximum Gasteiger partial charge on any atom is 0.228 e. The number of amides is 2. The van der Waals surface area contributed by atoms with Crippen molar-refractivity contribution >= 4 is 11.8 Å². The van der Waals surface area contributed by atoms with Gasteiger partial charge in [-0.1, -0.05) is 67.1 Å². The Hall–Kier alpha value is -2.62. The SMILES string of the molecule is O=C(C1CC(=O)N(C2CC3CCC2C3)C1)N(CCc1ccccc1)Cc1ccccc1. The number of benzene rings is 2. The van der Waals surface area contributed by atoms with Gasteiger partial charge in [-0.25, -0.2) is 0 Å². The van der Waals surface area contributed by atoms with E-state index in [1.165, 1.54) is 24.8 Å². The van der Waals surface area contributed by atoms with Gasteiger partial charge in [-0.3, -0.25) is 9.59 Å². The number of rotatable bonds is 7. The summed E-state index contributed by atoms with van der Waals surface area (Å²) in [5.74, 6) is 1.60. The van der Waals surface area contributed by atoms with E-state index in [0.29, 0.717) is 38.0 Å². The second-order valence-corrected chi connectivity index (χ2v) is 9.67. The first kappa shape index (κ1) is 20.3. The molecule has 4 unspecified atom stereocenters. The summed E-state index contributed by atoms with van der Waals surface area (Å²) in [5.41, 5.74) is 2.37. The Morgan fingerprint density at radius 2 is 1.65 bits per heavy atom. The highest BCUT2D eigenvalue weighted by Crippen LogP contribution is 2.47. The van der Waals surface area contributed by atoms with E-state index < -0.39 is 0 Å². The third-order valence-electron chi connectivity index (χ3n) is 7.65. The van der Waals surface area contributed by atoms with E-state index in [1.54, 1.807) is 0 Å². The number of nitrogens with zero attached hydrogens (tertiary/aromatic N) is 2. The molecular formula is C27H32N2O2. The van der Waals surface area contributed by atoms with Crippen molar-refractivity contribution in [3.05, 3.63) is 71.8 Å². The van der Waals surface area contributed by atoms with Crippen LogP contribution in [0.1, 0.15) is 43.2 Å². The van der Waals surface area contributed by atoms with Crippen LogP contribution < -0.4 is 0 Å². The fourth-order valence-corrected chi connectivity index (χ4v) is 6.05. The maximum absolute atomic E-state index is 13.6. The molecule has 4 atom stereocenters. The molecular weight excluding hydrogens is 384 g/mol. The smallest absolute Gasteiger partial charge is 0.228 e. The topological polar surface area (TPSA) is 40.6 Å². The number of likely N-dealkylation sites (tertiary alicyclic amines) is 1. The van der Waals surface area contributed by atoms with Crippen molar-refractivity contribution < 1.29 is 9.59 Å². The molecule has 2 aliphatic carbocycles. The fraction of sp³-hybridized carbons (Fsp3) is 0.481. The van der Waals surface area contributed by atoms with Gasteiger partial charge in [0.15, 0.2) is 0 Å². The van der Waals surface area contributed by atoms with Gasteiger partial charge in [0.1, 0.15) is 0 Å². The van der Waals surface area contributed by atoms with Crippen LogP contribution in [-0.4, -0.2) is 40.7 Å². The van der Waals surface area contributed by atoms with Crippen LogP contribution in [0.3, 0.4) is 0 Å². The van der Waals surface area contributed by atoms with Crippen molar-refractivity contribution in [1.29, 1.82) is 0 Å². The van der Waals surface area contributed by atoms with Crippen molar-refractivity contribution in [2.24, 2.45) is 17.8 Å². The third kappa shape index (κ3) is 4.39. The van der Waals surface area contributed by atoms with Crippen LogP contribution in [0.5, 0.6) is 0 Å². The van der Waals surface area contributed by atoms with Crippen LogP contribution in [0.25, 0.3) is 0 Å². The first-order valence-corrected chi connectivity index (χ1v) is 11.8. The van der Waals surface area contributed by atoms with Gasteiger partial charge in [0.2, 0.25) is 11.8 Å². The van der Waals surface area contributed by atoms with Crippen LogP contribution in [0.2, 0.25) is 0 Å². The first-order valence-electron chi connectivity index (χ1n) is 11.8. The molecule has 31 heavy (non-hydrogen) atoms. The van der Waals surface area contributed by atoms with Crippen LogP contribution in [0, 0.1) is 17.8 Å². The molecule has 2 aromatic rings.